The molecular weight excluding hydrogens is 422 g/mol. The van der Waals surface area contributed by atoms with Crippen molar-refractivity contribution in [3.8, 4) is 10.6 Å². The summed E-state index contributed by atoms with van der Waals surface area (Å²) >= 11 is 7.52. The van der Waals surface area contributed by atoms with Gasteiger partial charge < -0.3 is 15.0 Å². The zero-order chi connectivity index (χ0) is 21.9. The number of thiazole rings is 1. The Bertz CT molecular complexity index is 905. The summed E-state index contributed by atoms with van der Waals surface area (Å²) in [4.78, 5) is 32.3. The first kappa shape index (κ1) is 22.6. The van der Waals surface area contributed by atoms with E-state index in [2.05, 4.69) is 10.3 Å². The Labute approximate surface area is 186 Å². The smallest absolute Gasteiger partial charge is 0.410 e. The second kappa shape index (κ2) is 9.35. The SMILES string of the molecule is Cc1nc(-c2ccc(Cl)cc2)sc1CNC(=O)C1CCCN(C(=O)OC(C)(C)C)C1. The second-order valence-electron chi connectivity index (χ2n) is 8.52. The number of hydrogen-bond acceptors (Lipinski definition) is 5. The van der Waals surface area contributed by atoms with Crippen molar-refractivity contribution in [1.82, 2.24) is 15.2 Å². The molecule has 0 radical (unpaired) electrons. The molecule has 1 aromatic heterocycles. The summed E-state index contributed by atoms with van der Waals surface area (Å²) in [6.07, 6.45) is 1.20. The third-order valence-corrected chi connectivity index (χ3v) is 6.31. The van der Waals surface area contributed by atoms with Crippen LogP contribution in [0.3, 0.4) is 0 Å². The average molecular weight is 450 g/mol. The van der Waals surface area contributed by atoms with E-state index < -0.39 is 5.60 Å². The molecule has 1 unspecified atom stereocenters. The van der Waals surface area contributed by atoms with Crippen LogP contribution in [-0.2, 0) is 16.1 Å². The molecule has 1 atom stereocenters. The molecule has 1 aliphatic heterocycles. The molecule has 0 bridgehead atoms. The molecule has 2 aromatic rings. The number of carbonyl (C=O) groups excluding carboxylic acids is 2. The monoisotopic (exact) mass is 449 g/mol. The predicted molar refractivity (Wildman–Crippen MR) is 120 cm³/mol. The molecule has 2 amide bonds. The minimum atomic E-state index is -0.544. The van der Waals surface area contributed by atoms with E-state index in [1.165, 1.54) is 0 Å². The normalized spacial score (nSPS) is 17.0. The number of hydrogen-bond donors (Lipinski definition) is 1. The Kier molecular flexibility index (Phi) is 7.03. The van der Waals surface area contributed by atoms with Crippen LogP contribution in [-0.4, -0.2) is 40.6 Å². The summed E-state index contributed by atoms with van der Waals surface area (Å²) in [5.41, 5.74) is 1.37. The summed E-state index contributed by atoms with van der Waals surface area (Å²) in [7, 11) is 0. The molecule has 1 fully saturated rings. The summed E-state index contributed by atoms with van der Waals surface area (Å²) < 4.78 is 5.44. The highest BCUT2D eigenvalue weighted by Gasteiger charge is 2.31. The number of nitrogens with one attached hydrogen (secondary N) is 1. The first-order chi connectivity index (χ1) is 14.1. The van der Waals surface area contributed by atoms with Gasteiger partial charge in [0, 0.05) is 28.6 Å². The number of rotatable bonds is 4. The molecule has 1 aromatic carbocycles. The van der Waals surface area contributed by atoms with Crippen LogP contribution in [0.2, 0.25) is 5.02 Å². The number of nitrogens with zero attached hydrogens (tertiary/aromatic N) is 2. The molecule has 0 aliphatic carbocycles. The van der Waals surface area contributed by atoms with Gasteiger partial charge in [-0.2, -0.15) is 0 Å². The standard InChI is InChI=1S/C22H28ClN3O3S/c1-14-18(30-20(25-14)15-7-9-17(23)10-8-15)12-24-19(27)16-6-5-11-26(13-16)21(28)29-22(2,3)4/h7-10,16H,5-6,11-13H2,1-4H3,(H,24,27). The van der Waals surface area contributed by atoms with Gasteiger partial charge in [0.1, 0.15) is 10.6 Å². The van der Waals surface area contributed by atoms with Gasteiger partial charge in [-0.1, -0.05) is 23.7 Å². The van der Waals surface area contributed by atoms with E-state index in [-0.39, 0.29) is 17.9 Å². The number of aryl methyl sites for hydroxylation is 1. The molecule has 1 aliphatic rings. The number of benzene rings is 1. The van der Waals surface area contributed by atoms with Crippen molar-refractivity contribution in [1.29, 1.82) is 0 Å². The van der Waals surface area contributed by atoms with Crippen LogP contribution in [0, 0.1) is 12.8 Å². The van der Waals surface area contributed by atoms with E-state index in [4.69, 9.17) is 16.3 Å². The van der Waals surface area contributed by atoms with Crippen molar-refractivity contribution >= 4 is 34.9 Å². The minimum absolute atomic E-state index is 0.0379. The van der Waals surface area contributed by atoms with Crippen LogP contribution >= 0.6 is 22.9 Å². The molecule has 8 heteroatoms. The number of carbonyl (C=O) groups is 2. The molecule has 0 spiro atoms. The summed E-state index contributed by atoms with van der Waals surface area (Å²) in [6.45, 7) is 8.91. The molecule has 30 heavy (non-hydrogen) atoms. The summed E-state index contributed by atoms with van der Waals surface area (Å²) in [5, 5.41) is 4.61. The van der Waals surface area contributed by atoms with Gasteiger partial charge in [0.25, 0.3) is 0 Å². The molecular formula is C22H28ClN3O3S. The van der Waals surface area contributed by atoms with Crippen LogP contribution in [0.4, 0.5) is 4.79 Å². The van der Waals surface area contributed by atoms with Gasteiger partial charge in [0.2, 0.25) is 5.91 Å². The van der Waals surface area contributed by atoms with Crippen molar-refractivity contribution < 1.29 is 14.3 Å². The van der Waals surface area contributed by atoms with Crippen LogP contribution < -0.4 is 5.32 Å². The second-order valence-corrected chi connectivity index (χ2v) is 10.0. The molecule has 2 heterocycles. The lowest BCUT2D eigenvalue weighted by atomic mass is 9.97. The minimum Gasteiger partial charge on any atom is -0.444 e. The third kappa shape index (κ3) is 5.95. The maximum atomic E-state index is 12.7. The first-order valence-electron chi connectivity index (χ1n) is 10.1. The van der Waals surface area contributed by atoms with Crippen LogP contribution in [0.25, 0.3) is 10.6 Å². The van der Waals surface area contributed by atoms with Gasteiger partial charge in [0.05, 0.1) is 18.2 Å². The van der Waals surface area contributed by atoms with Crippen molar-refractivity contribution in [2.24, 2.45) is 5.92 Å². The topological polar surface area (TPSA) is 71.5 Å². The molecule has 1 saturated heterocycles. The Hall–Kier alpha value is -2.12. The van der Waals surface area contributed by atoms with Gasteiger partial charge in [-0.3, -0.25) is 4.79 Å². The maximum Gasteiger partial charge on any atom is 0.410 e. The first-order valence-corrected chi connectivity index (χ1v) is 11.3. The zero-order valence-electron chi connectivity index (χ0n) is 17.8. The highest BCUT2D eigenvalue weighted by molar-refractivity contribution is 7.15. The lowest BCUT2D eigenvalue weighted by Gasteiger charge is -2.33. The van der Waals surface area contributed by atoms with Crippen LogP contribution in [0.15, 0.2) is 24.3 Å². The fourth-order valence-corrected chi connectivity index (χ4v) is 4.44. The Morgan fingerprint density at radius 1 is 1.30 bits per heavy atom. The van der Waals surface area contributed by atoms with Crippen molar-refractivity contribution in [3.63, 3.8) is 0 Å². The molecule has 0 saturated carbocycles. The number of aromatic nitrogens is 1. The zero-order valence-corrected chi connectivity index (χ0v) is 19.4. The Morgan fingerprint density at radius 2 is 2.00 bits per heavy atom. The van der Waals surface area contributed by atoms with E-state index in [1.54, 1.807) is 16.2 Å². The van der Waals surface area contributed by atoms with Crippen LogP contribution in [0.1, 0.15) is 44.2 Å². The molecule has 162 valence electrons. The summed E-state index contributed by atoms with van der Waals surface area (Å²) in [6, 6.07) is 7.57. The van der Waals surface area contributed by atoms with Gasteiger partial charge in [-0.25, -0.2) is 9.78 Å². The van der Waals surface area contributed by atoms with Gasteiger partial charge in [0.15, 0.2) is 0 Å². The Morgan fingerprint density at radius 3 is 2.67 bits per heavy atom. The number of ether oxygens (including phenoxy) is 1. The van der Waals surface area contributed by atoms with E-state index in [9.17, 15) is 9.59 Å². The highest BCUT2D eigenvalue weighted by atomic mass is 35.5. The van der Waals surface area contributed by atoms with E-state index in [0.717, 1.165) is 34.0 Å². The summed E-state index contributed by atoms with van der Waals surface area (Å²) in [5.74, 6) is -0.265. The van der Waals surface area contributed by atoms with Gasteiger partial charge in [-0.05, 0) is 52.7 Å². The number of piperidine rings is 1. The van der Waals surface area contributed by atoms with Crippen molar-refractivity contribution in [2.45, 2.75) is 52.7 Å². The number of likely N-dealkylation sites (tertiary alicyclic amines) is 1. The highest BCUT2D eigenvalue weighted by Crippen LogP contribution is 2.29. The maximum absolute atomic E-state index is 12.7. The van der Waals surface area contributed by atoms with Crippen LogP contribution in [0.5, 0.6) is 0 Å². The molecule has 6 nitrogen and oxygen atoms in total. The fraction of sp³-hybridized carbons (Fsp3) is 0.500. The third-order valence-electron chi connectivity index (χ3n) is 4.85. The average Bonchev–Trinajstić information content (AvgIpc) is 3.06. The quantitative estimate of drug-likeness (QED) is 0.710. The largest absolute Gasteiger partial charge is 0.444 e. The molecule has 3 rings (SSSR count). The van der Waals surface area contributed by atoms with E-state index in [0.29, 0.717) is 24.7 Å². The number of halogens is 1. The van der Waals surface area contributed by atoms with Crippen molar-refractivity contribution in [3.05, 3.63) is 39.9 Å². The molecule has 1 N–H and O–H groups in total. The Balaban J connectivity index is 1.57. The van der Waals surface area contributed by atoms with Crippen molar-refractivity contribution in [2.75, 3.05) is 13.1 Å². The van der Waals surface area contributed by atoms with E-state index >= 15 is 0 Å². The lowest BCUT2D eigenvalue weighted by molar-refractivity contribution is -0.126. The predicted octanol–water partition coefficient (Wildman–Crippen LogP) is 5.04. The van der Waals surface area contributed by atoms with Gasteiger partial charge >= 0.3 is 6.09 Å². The number of amides is 2. The van der Waals surface area contributed by atoms with Gasteiger partial charge in [-0.15, -0.1) is 11.3 Å². The van der Waals surface area contributed by atoms with E-state index in [1.807, 2.05) is 52.0 Å². The fourth-order valence-electron chi connectivity index (χ4n) is 3.30. The lowest BCUT2D eigenvalue weighted by Crippen LogP contribution is -2.46.